The number of carbonyl (C=O) groups is 1. The molecule has 0 spiro atoms. The minimum Gasteiger partial charge on any atom is -0.486 e. The molecule has 0 radical (unpaired) electrons. The number of amides is 1. The van der Waals surface area contributed by atoms with Crippen molar-refractivity contribution in [3.63, 3.8) is 0 Å². The topological polar surface area (TPSA) is 77.7 Å². The van der Waals surface area contributed by atoms with E-state index in [0.717, 1.165) is 52.8 Å². The van der Waals surface area contributed by atoms with E-state index < -0.39 is 0 Å². The van der Waals surface area contributed by atoms with Gasteiger partial charge >= 0.3 is 0 Å². The lowest BCUT2D eigenvalue weighted by Crippen LogP contribution is -2.35. The maximum atomic E-state index is 12.9. The van der Waals surface area contributed by atoms with Crippen molar-refractivity contribution in [2.45, 2.75) is 19.3 Å². The van der Waals surface area contributed by atoms with Crippen LogP contribution in [0.3, 0.4) is 0 Å². The Labute approximate surface area is 154 Å². The number of likely N-dealkylation sites (tertiary alicyclic amines) is 1. The maximum Gasteiger partial charge on any atom is 0.266 e. The Kier molecular flexibility index (Phi) is 3.63. The number of anilines is 1. The second-order valence-electron chi connectivity index (χ2n) is 6.73. The third-order valence-electron chi connectivity index (χ3n) is 5.01. The van der Waals surface area contributed by atoms with Gasteiger partial charge in [-0.3, -0.25) is 4.79 Å². The number of piperidine rings is 1. The highest BCUT2D eigenvalue weighted by molar-refractivity contribution is 7.21. The van der Waals surface area contributed by atoms with Crippen molar-refractivity contribution in [1.29, 1.82) is 0 Å². The first-order valence-electron chi connectivity index (χ1n) is 8.92. The summed E-state index contributed by atoms with van der Waals surface area (Å²) in [6, 6.07) is 5.82. The molecule has 5 rings (SSSR count). The van der Waals surface area contributed by atoms with Gasteiger partial charge in [0, 0.05) is 29.9 Å². The van der Waals surface area contributed by atoms with Crippen molar-refractivity contribution in [2.24, 2.45) is 0 Å². The third-order valence-corrected chi connectivity index (χ3v) is 6.12. The second kappa shape index (κ2) is 6.02. The molecule has 7 heteroatoms. The Hall–Kier alpha value is -2.54. The average molecular weight is 369 g/mol. The van der Waals surface area contributed by atoms with Gasteiger partial charge in [0.15, 0.2) is 11.5 Å². The summed E-state index contributed by atoms with van der Waals surface area (Å²) in [5, 5.41) is 1.77. The van der Waals surface area contributed by atoms with Crippen LogP contribution in [0.2, 0.25) is 0 Å². The third kappa shape index (κ3) is 2.46. The maximum absolute atomic E-state index is 12.9. The van der Waals surface area contributed by atoms with Gasteiger partial charge in [0.05, 0.1) is 11.2 Å². The van der Waals surface area contributed by atoms with Gasteiger partial charge < -0.3 is 20.1 Å². The molecule has 6 nitrogen and oxygen atoms in total. The van der Waals surface area contributed by atoms with E-state index in [1.807, 2.05) is 23.1 Å². The van der Waals surface area contributed by atoms with Crippen molar-refractivity contribution in [2.75, 3.05) is 32.0 Å². The van der Waals surface area contributed by atoms with Crippen molar-refractivity contribution in [3.05, 3.63) is 23.1 Å². The number of aromatic nitrogens is 1. The van der Waals surface area contributed by atoms with Crippen molar-refractivity contribution >= 4 is 44.1 Å². The van der Waals surface area contributed by atoms with Gasteiger partial charge in [-0.2, -0.15) is 0 Å². The molecule has 2 aromatic heterocycles. The van der Waals surface area contributed by atoms with Crippen LogP contribution >= 0.6 is 11.3 Å². The highest BCUT2D eigenvalue weighted by atomic mass is 32.1. The van der Waals surface area contributed by atoms with Crippen LogP contribution in [-0.2, 0) is 0 Å². The lowest BCUT2D eigenvalue weighted by molar-refractivity contribution is 0.0730. The normalized spacial score (nSPS) is 17.0. The predicted molar refractivity (Wildman–Crippen MR) is 102 cm³/mol. The van der Waals surface area contributed by atoms with E-state index in [1.165, 1.54) is 17.8 Å². The summed E-state index contributed by atoms with van der Waals surface area (Å²) in [5.41, 5.74) is 7.69. The number of ether oxygens (including phenoxy) is 2. The number of hydrogen-bond donors (Lipinski definition) is 1. The summed E-state index contributed by atoms with van der Waals surface area (Å²) in [7, 11) is 0. The van der Waals surface area contributed by atoms with Gasteiger partial charge in [0.25, 0.3) is 5.91 Å². The summed E-state index contributed by atoms with van der Waals surface area (Å²) in [5.74, 6) is 1.47. The van der Waals surface area contributed by atoms with Crippen molar-refractivity contribution < 1.29 is 14.3 Å². The molecule has 1 amide bonds. The lowest BCUT2D eigenvalue weighted by Gasteiger charge is -2.26. The number of rotatable bonds is 1. The van der Waals surface area contributed by atoms with Crippen LogP contribution in [0.5, 0.6) is 11.5 Å². The highest BCUT2D eigenvalue weighted by Crippen LogP contribution is 2.39. The van der Waals surface area contributed by atoms with Crippen LogP contribution in [0.4, 0.5) is 5.69 Å². The largest absolute Gasteiger partial charge is 0.486 e. The smallest absolute Gasteiger partial charge is 0.266 e. The number of nitrogens with zero attached hydrogens (tertiary/aromatic N) is 2. The van der Waals surface area contributed by atoms with E-state index in [4.69, 9.17) is 20.2 Å². The number of fused-ring (bicyclic) bond motifs is 3. The first-order chi connectivity index (χ1) is 12.7. The van der Waals surface area contributed by atoms with Crippen LogP contribution in [-0.4, -0.2) is 42.1 Å². The molecule has 134 valence electrons. The van der Waals surface area contributed by atoms with Crippen LogP contribution in [0, 0.1) is 0 Å². The Morgan fingerprint density at radius 1 is 1.08 bits per heavy atom. The quantitative estimate of drug-likeness (QED) is 0.711. The highest BCUT2D eigenvalue weighted by Gasteiger charge is 2.24. The fourth-order valence-electron chi connectivity index (χ4n) is 3.64. The van der Waals surface area contributed by atoms with Crippen molar-refractivity contribution in [1.82, 2.24) is 9.88 Å². The van der Waals surface area contributed by atoms with Crippen molar-refractivity contribution in [3.8, 4) is 11.5 Å². The molecule has 1 fully saturated rings. The Morgan fingerprint density at radius 3 is 2.58 bits per heavy atom. The van der Waals surface area contributed by atoms with Gasteiger partial charge in [0.1, 0.15) is 22.9 Å². The summed E-state index contributed by atoms with van der Waals surface area (Å²) >= 11 is 1.38. The second-order valence-corrected chi connectivity index (χ2v) is 7.73. The van der Waals surface area contributed by atoms with E-state index in [1.54, 1.807) is 0 Å². The molecule has 4 heterocycles. The fourth-order valence-corrected chi connectivity index (χ4v) is 4.69. The van der Waals surface area contributed by atoms with Gasteiger partial charge in [-0.1, -0.05) is 0 Å². The monoisotopic (exact) mass is 369 g/mol. The van der Waals surface area contributed by atoms with Crippen LogP contribution < -0.4 is 15.2 Å². The van der Waals surface area contributed by atoms with E-state index in [9.17, 15) is 4.79 Å². The molecule has 26 heavy (non-hydrogen) atoms. The van der Waals surface area contributed by atoms with E-state index in [2.05, 4.69) is 0 Å². The zero-order valence-corrected chi connectivity index (χ0v) is 15.1. The Bertz CT molecular complexity index is 1020. The first kappa shape index (κ1) is 15.7. The lowest BCUT2D eigenvalue weighted by atomic mass is 10.1. The Balaban J connectivity index is 1.61. The number of thiophene rings is 1. The minimum absolute atomic E-state index is 0.0280. The zero-order valence-electron chi connectivity index (χ0n) is 14.3. The molecular formula is C19H19N3O3S. The number of nitrogens with two attached hydrogens (primary N) is 1. The molecular weight excluding hydrogens is 350 g/mol. The van der Waals surface area contributed by atoms with Crippen LogP contribution in [0.1, 0.15) is 28.9 Å². The van der Waals surface area contributed by atoms with Gasteiger partial charge in [0.2, 0.25) is 0 Å². The molecule has 0 atom stereocenters. The zero-order chi connectivity index (χ0) is 17.7. The van der Waals surface area contributed by atoms with Gasteiger partial charge in [-0.05, 0) is 31.4 Å². The van der Waals surface area contributed by atoms with E-state index >= 15 is 0 Å². The van der Waals surface area contributed by atoms with E-state index in [0.29, 0.717) is 29.5 Å². The molecule has 0 bridgehead atoms. The Morgan fingerprint density at radius 2 is 1.81 bits per heavy atom. The number of pyridine rings is 1. The molecule has 2 N–H and O–H groups in total. The standard InChI is InChI=1S/C19H19N3O3S/c20-16-12-8-11-9-14-15(25-7-6-24-14)10-13(11)21-18(12)26-17(16)19(23)22-4-2-1-3-5-22/h8-10H,1-7,20H2. The van der Waals surface area contributed by atoms with E-state index in [-0.39, 0.29) is 5.91 Å². The molecule has 3 aromatic rings. The SMILES string of the molecule is Nc1c(C(=O)N2CCCCC2)sc2nc3cc4c(cc3cc12)OCCO4. The van der Waals surface area contributed by atoms with Crippen LogP contribution in [0.15, 0.2) is 18.2 Å². The summed E-state index contributed by atoms with van der Waals surface area (Å²) in [6.45, 7) is 2.71. The first-order valence-corrected chi connectivity index (χ1v) is 9.74. The molecule has 0 saturated carbocycles. The van der Waals surface area contributed by atoms with Gasteiger partial charge in [-0.15, -0.1) is 11.3 Å². The number of hydrogen-bond acceptors (Lipinski definition) is 6. The van der Waals surface area contributed by atoms with Crippen LogP contribution in [0.25, 0.3) is 21.1 Å². The molecule has 2 aliphatic rings. The minimum atomic E-state index is 0.0280. The van der Waals surface area contributed by atoms with Gasteiger partial charge in [-0.25, -0.2) is 4.98 Å². The average Bonchev–Trinajstić information content (AvgIpc) is 3.00. The molecule has 1 saturated heterocycles. The number of benzene rings is 1. The predicted octanol–water partition coefficient (Wildman–Crippen LogP) is 3.43. The number of nitrogen functional groups attached to an aromatic ring is 1. The molecule has 0 aliphatic carbocycles. The molecule has 0 unspecified atom stereocenters. The molecule has 1 aromatic carbocycles. The fraction of sp³-hybridized carbons (Fsp3) is 0.368. The summed E-state index contributed by atoms with van der Waals surface area (Å²) < 4.78 is 11.3. The summed E-state index contributed by atoms with van der Waals surface area (Å²) in [6.07, 6.45) is 3.31. The molecule has 2 aliphatic heterocycles. The summed E-state index contributed by atoms with van der Waals surface area (Å²) in [4.78, 5) is 20.9. The number of carbonyl (C=O) groups excluding carboxylic acids is 1.